The van der Waals surface area contributed by atoms with Gasteiger partial charge in [0, 0.05) is 39.6 Å². The maximum Gasteiger partial charge on any atom is 0.230 e. The van der Waals surface area contributed by atoms with Gasteiger partial charge in [0.2, 0.25) is 5.91 Å². The lowest BCUT2D eigenvalue weighted by Gasteiger charge is -2.31. The summed E-state index contributed by atoms with van der Waals surface area (Å²) in [6.07, 6.45) is 7.78. The molecule has 2 N–H and O–H groups in total. The third-order valence-electron chi connectivity index (χ3n) is 5.46. The lowest BCUT2D eigenvalue weighted by atomic mass is 9.84. The fourth-order valence-corrected chi connectivity index (χ4v) is 3.98. The smallest absolute Gasteiger partial charge is 0.230 e. The van der Waals surface area contributed by atoms with Crippen LogP contribution in [0.3, 0.4) is 0 Å². The molecule has 30 heavy (non-hydrogen) atoms. The molecule has 0 spiro atoms. The van der Waals surface area contributed by atoms with Gasteiger partial charge in [-0.25, -0.2) is 9.67 Å². The van der Waals surface area contributed by atoms with E-state index in [0.29, 0.717) is 13.1 Å². The molecule has 8 heteroatoms. The van der Waals surface area contributed by atoms with E-state index in [-0.39, 0.29) is 35.3 Å². The number of rotatable bonds is 7. The van der Waals surface area contributed by atoms with Crippen molar-refractivity contribution in [2.24, 2.45) is 10.4 Å². The van der Waals surface area contributed by atoms with Crippen molar-refractivity contribution in [1.29, 1.82) is 0 Å². The fraction of sp³-hybridized carbons (Fsp3) is 0.500. The topological polar surface area (TPSA) is 74.5 Å². The molecule has 3 rings (SSSR count). The average Bonchev–Trinajstić information content (AvgIpc) is 3.42. The number of nitrogens with zero attached hydrogens (tertiary/aromatic N) is 4. The summed E-state index contributed by atoms with van der Waals surface area (Å²) in [5.41, 5.74) is 1.80. The van der Waals surface area contributed by atoms with Crippen molar-refractivity contribution in [1.82, 2.24) is 25.3 Å². The minimum atomic E-state index is -0.320. The number of guanidine groups is 1. The summed E-state index contributed by atoms with van der Waals surface area (Å²) < 4.78 is 1.84. The van der Waals surface area contributed by atoms with Crippen LogP contribution >= 0.6 is 24.0 Å². The van der Waals surface area contributed by atoms with Gasteiger partial charge < -0.3 is 15.5 Å². The van der Waals surface area contributed by atoms with E-state index in [2.05, 4.69) is 27.9 Å². The van der Waals surface area contributed by atoms with Crippen LogP contribution in [0, 0.1) is 5.41 Å². The van der Waals surface area contributed by atoms with Gasteiger partial charge >= 0.3 is 0 Å². The zero-order valence-corrected chi connectivity index (χ0v) is 20.4. The highest BCUT2D eigenvalue weighted by Crippen LogP contribution is 2.38. The molecular weight excluding hydrogens is 491 g/mol. The second kappa shape index (κ2) is 11.3. The largest absolute Gasteiger partial charge is 0.357 e. The Morgan fingerprint density at radius 1 is 1.23 bits per heavy atom. The van der Waals surface area contributed by atoms with Crippen LogP contribution in [0.15, 0.2) is 47.7 Å². The van der Waals surface area contributed by atoms with E-state index in [1.54, 1.807) is 11.1 Å². The van der Waals surface area contributed by atoms with Crippen LogP contribution in [0.4, 0.5) is 0 Å². The Morgan fingerprint density at radius 2 is 2.00 bits per heavy atom. The molecular formula is C22H33IN6O. The molecule has 0 unspecified atom stereocenters. The van der Waals surface area contributed by atoms with E-state index in [0.717, 1.165) is 49.4 Å². The third-order valence-corrected chi connectivity index (χ3v) is 5.46. The van der Waals surface area contributed by atoms with Crippen LogP contribution in [-0.2, 0) is 11.3 Å². The van der Waals surface area contributed by atoms with Crippen molar-refractivity contribution in [2.75, 3.05) is 27.2 Å². The van der Waals surface area contributed by atoms with Crippen molar-refractivity contribution in [3.05, 3.63) is 48.3 Å². The van der Waals surface area contributed by atoms with Gasteiger partial charge in [-0.1, -0.05) is 25.0 Å². The monoisotopic (exact) mass is 524 g/mol. The second-order valence-corrected chi connectivity index (χ2v) is 7.86. The Balaban J connectivity index is 0.00000320. The standard InChI is InChI=1S/C22H32N6O.HI/c1-4-23-21(25-17-22(11-5-6-12-22)20(29)27(2)3)24-16-18-9-7-10-19(15-18)28-14-8-13-26-28;/h7-10,13-15H,4-6,11-12,16-17H2,1-3H3,(H2,23,24,25);1H. The van der Waals surface area contributed by atoms with Crippen molar-refractivity contribution < 1.29 is 4.79 Å². The van der Waals surface area contributed by atoms with Crippen molar-refractivity contribution in [3.8, 4) is 5.69 Å². The minimum Gasteiger partial charge on any atom is -0.357 e. The van der Waals surface area contributed by atoms with E-state index in [1.807, 2.05) is 50.1 Å². The zero-order chi connectivity index (χ0) is 20.7. The van der Waals surface area contributed by atoms with Crippen molar-refractivity contribution >= 4 is 35.8 Å². The van der Waals surface area contributed by atoms with Crippen LogP contribution in [0.2, 0.25) is 0 Å². The Bertz CT molecular complexity index is 828. The molecule has 1 aromatic heterocycles. The summed E-state index contributed by atoms with van der Waals surface area (Å²) in [6.45, 7) is 3.99. The van der Waals surface area contributed by atoms with Gasteiger partial charge in [-0.3, -0.25) is 4.79 Å². The van der Waals surface area contributed by atoms with Gasteiger partial charge in [-0.05, 0) is 43.5 Å². The predicted octanol–water partition coefficient (Wildman–Crippen LogP) is 3.19. The number of carbonyl (C=O) groups excluding carboxylic acids is 1. The van der Waals surface area contributed by atoms with Crippen molar-refractivity contribution in [2.45, 2.75) is 39.2 Å². The second-order valence-electron chi connectivity index (χ2n) is 7.86. The Hall–Kier alpha value is -2.10. The number of hydrogen-bond donors (Lipinski definition) is 2. The number of hydrogen-bond acceptors (Lipinski definition) is 3. The molecule has 1 aliphatic rings. The number of amides is 1. The SMILES string of the molecule is CCNC(=NCc1cccc(-n2cccn2)c1)NCC1(C(=O)N(C)C)CCCC1.I. The highest BCUT2D eigenvalue weighted by atomic mass is 127. The Kier molecular flexibility index (Phi) is 9.13. The van der Waals surface area contributed by atoms with Crippen LogP contribution in [0.1, 0.15) is 38.2 Å². The highest BCUT2D eigenvalue weighted by Gasteiger charge is 2.42. The first-order valence-corrected chi connectivity index (χ1v) is 10.4. The summed E-state index contributed by atoms with van der Waals surface area (Å²) >= 11 is 0. The van der Waals surface area contributed by atoms with E-state index >= 15 is 0 Å². The molecule has 2 aromatic rings. The van der Waals surface area contributed by atoms with Gasteiger partial charge in [-0.15, -0.1) is 24.0 Å². The van der Waals surface area contributed by atoms with Crippen LogP contribution < -0.4 is 10.6 Å². The number of benzene rings is 1. The van der Waals surface area contributed by atoms with E-state index in [4.69, 9.17) is 4.99 Å². The number of aromatic nitrogens is 2. The lowest BCUT2D eigenvalue weighted by molar-refractivity contribution is -0.138. The Morgan fingerprint density at radius 3 is 2.63 bits per heavy atom. The number of nitrogens with one attached hydrogen (secondary N) is 2. The fourth-order valence-electron chi connectivity index (χ4n) is 3.98. The third kappa shape index (κ3) is 5.96. The summed E-state index contributed by atoms with van der Waals surface area (Å²) in [7, 11) is 3.68. The molecule has 1 fully saturated rings. The molecule has 1 saturated carbocycles. The van der Waals surface area contributed by atoms with E-state index in [9.17, 15) is 4.79 Å². The van der Waals surface area contributed by atoms with Gasteiger partial charge in [0.15, 0.2) is 5.96 Å². The van der Waals surface area contributed by atoms with E-state index in [1.165, 1.54) is 0 Å². The zero-order valence-electron chi connectivity index (χ0n) is 18.1. The van der Waals surface area contributed by atoms with Crippen LogP contribution in [0.5, 0.6) is 0 Å². The van der Waals surface area contributed by atoms with Crippen LogP contribution in [0.25, 0.3) is 5.69 Å². The average molecular weight is 524 g/mol. The first-order valence-electron chi connectivity index (χ1n) is 10.4. The summed E-state index contributed by atoms with van der Waals surface area (Å²) in [5, 5.41) is 11.0. The van der Waals surface area contributed by atoms with Gasteiger partial charge in [0.1, 0.15) is 0 Å². The molecule has 7 nitrogen and oxygen atoms in total. The quantitative estimate of drug-likeness (QED) is 0.332. The molecule has 1 aliphatic carbocycles. The first-order chi connectivity index (χ1) is 14.0. The van der Waals surface area contributed by atoms with Crippen LogP contribution in [-0.4, -0.2) is 53.7 Å². The molecule has 0 aliphatic heterocycles. The van der Waals surface area contributed by atoms with E-state index < -0.39 is 0 Å². The summed E-state index contributed by atoms with van der Waals surface area (Å²) in [4.78, 5) is 19.2. The normalized spacial score (nSPS) is 15.4. The highest BCUT2D eigenvalue weighted by molar-refractivity contribution is 14.0. The molecule has 0 bridgehead atoms. The number of halogens is 1. The summed E-state index contributed by atoms with van der Waals surface area (Å²) in [6, 6.07) is 10.1. The Labute approximate surface area is 196 Å². The van der Waals surface area contributed by atoms with Gasteiger partial charge in [0.25, 0.3) is 0 Å². The number of carbonyl (C=O) groups is 1. The minimum absolute atomic E-state index is 0. The number of aliphatic imine (C=N–C) groups is 1. The maximum absolute atomic E-state index is 12.8. The molecule has 1 aromatic carbocycles. The molecule has 0 saturated heterocycles. The predicted molar refractivity (Wildman–Crippen MR) is 131 cm³/mol. The van der Waals surface area contributed by atoms with Gasteiger partial charge in [0.05, 0.1) is 17.6 Å². The molecule has 164 valence electrons. The molecule has 1 heterocycles. The molecule has 0 atom stereocenters. The summed E-state index contributed by atoms with van der Waals surface area (Å²) in [5.74, 6) is 0.958. The van der Waals surface area contributed by atoms with Crippen molar-refractivity contribution in [3.63, 3.8) is 0 Å². The van der Waals surface area contributed by atoms with Gasteiger partial charge in [-0.2, -0.15) is 5.10 Å². The first kappa shape index (κ1) is 24.2. The molecule has 1 amide bonds. The molecule has 0 radical (unpaired) electrons. The lowest BCUT2D eigenvalue weighted by Crippen LogP contribution is -2.49. The maximum atomic E-state index is 12.8.